The van der Waals surface area contributed by atoms with Crippen molar-refractivity contribution in [2.45, 2.75) is 26.0 Å². The van der Waals surface area contributed by atoms with Gasteiger partial charge in [0.2, 0.25) is 5.91 Å². The maximum Gasteiger partial charge on any atom is 0.330 e. The van der Waals surface area contributed by atoms with E-state index in [0.29, 0.717) is 13.0 Å². The number of amides is 1. The minimum atomic E-state index is -0.441. The quantitative estimate of drug-likeness (QED) is 0.621. The van der Waals surface area contributed by atoms with Gasteiger partial charge in [0.05, 0.1) is 25.3 Å². The lowest BCUT2D eigenvalue weighted by atomic mass is 9.96. The van der Waals surface area contributed by atoms with Crippen LogP contribution in [-0.2, 0) is 25.6 Å². The summed E-state index contributed by atoms with van der Waals surface area (Å²) in [5.41, 5.74) is 0.921. The van der Waals surface area contributed by atoms with Gasteiger partial charge in [-0.05, 0) is 13.3 Å². The van der Waals surface area contributed by atoms with Crippen LogP contribution in [0.4, 0.5) is 0 Å². The summed E-state index contributed by atoms with van der Waals surface area (Å²) in [6.45, 7) is 3.62. The fourth-order valence-corrected chi connectivity index (χ4v) is 2.40. The Morgan fingerprint density at radius 2 is 2.41 bits per heavy atom. The van der Waals surface area contributed by atoms with Gasteiger partial charge >= 0.3 is 5.97 Å². The van der Waals surface area contributed by atoms with Gasteiger partial charge < -0.3 is 14.8 Å². The number of esters is 1. The molecule has 1 saturated heterocycles. The summed E-state index contributed by atoms with van der Waals surface area (Å²) in [6.07, 6.45) is 6.92. The van der Waals surface area contributed by atoms with Crippen molar-refractivity contribution in [1.29, 1.82) is 0 Å². The predicted octanol–water partition coefficient (Wildman–Crippen LogP) is 0.826. The van der Waals surface area contributed by atoms with Gasteiger partial charge in [-0.3, -0.25) is 9.48 Å². The lowest BCUT2D eigenvalue weighted by Crippen LogP contribution is -2.32. The first kappa shape index (κ1) is 16.2. The maximum atomic E-state index is 12.3. The highest BCUT2D eigenvalue weighted by molar-refractivity contribution is 5.82. The molecule has 7 nitrogen and oxygen atoms in total. The van der Waals surface area contributed by atoms with Crippen LogP contribution in [0.15, 0.2) is 24.5 Å². The molecule has 120 valence electrons. The first-order valence-electron chi connectivity index (χ1n) is 7.31. The number of aromatic nitrogens is 2. The van der Waals surface area contributed by atoms with E-state index in [9.17, 15) is 9.59 Å². The largest absolute Gasteiger partial charge is 0.466 e. The average molecular weight is 307 g/mol. The summed E-state index contributed by atoms with van der Waals surface area (Å²) >= 11 is 0. The van der Waals surface area contributed by atoms with Crippen molar-refractivity contribution in [3.63, 3.8) is 0 Å². The topological polar surface area (TPSA) is 82.5 Å². The van der Waals surface area contributed by atoms with Gasteiger partial charge in [-0.2, -0.15) is 5.10 Å². The Bertz CT molecular complexity index is 553. The monoisotopic (exact) mass is 307 g/mol. The number of carbonyl (C=O) groups excluding carboxylic acids is 2. The molecule has 2 rings (SSSR count). The molecule has 0 saturated carbocycles. The van der Waals surface area contributed by atoms with Crippen LogP contribution in [0.25, 0.3) is 0 Å². The summed E-state index contributed by atoms with van der Waals surface area (Å²) < 4.78 is 12.0. The fourth-order valence-electron chi connectivity index (χ4n) is 2.40. The third-order valence-electron chi connectivity index (χ3n) is 3.58. The van der Waals surface area contributed by atoms with Gasteiger partial charge in [0.25, 0.3) is 0 Å². The van der Waals surface area contributed by atoms with Gasteiger partial charge in [0.1, 0.15) is 0 Å². The first-order chi connectivity index (χ1) is 10.7. The summed E-state index contributed by atoms with van der Waals surface area (Å²) in [5, 5.41) is 7.00. The number of hydrogen-bond donors (Lipinski definition) is 1. The second-order valence-corrected chi connectivity index (χ2v) is 4.99. The number of hydrogen-bond acceptors (Lipinski definition) is 5. The molecule has 2 atom stereocenters. The average Bonchev–Trinajstić information content (AvgIpc) is 3.18. The lowest BCUT2D eigenvalue weighted by molar-refractivity contribution is -0.135. The molecule has 0 unspecified atom stereocenters. The van der Waals surface area contributed by atoms with Crippen molar-refractivity contribution in [3.05, 3.63) is 30.1 Å². The van der Waals surface area contributed by atoms with E-state index in [4.69, 9.17) is 4.74 Å². The van der Waals surface area contributed by atoms with Crippen molar-refractivity contribution < 1.29 is 19.1 Å². The maximum absolute atomic E-state index is 12.3. The number of nitrogens with zero attached hydrogens (tertiary/aromatic N) is 2. The van der Waals surface area contributed by atoms with Gasteiger partial charge in [0, 0.05) is 37.5 Å². The normalized spacial score (nSPS) is 21.2. The standard InChI is InChI=1S/C15H21N3O4/c1-3-18-10-11(9-17-18)14-12(6-8-22-14)15(20)16-7-4-5-13(19)21-2/h4-5,9-10,12,14H,3,6-8H2,1-2H3,(H,16,20)/b5-4+/t12-,14+/m1/s1. The van der Waals surface area contributed by atoms with Crippen molar-refractivity contribution in [2.75, 3.05) is 20.3 Å². The molecule has 7 heteroatoms. The van der Waals surface area contributed by atoms with Gasteiger partial charge in [-0.25, -0.2) is 4.79 Å². The molecule has 0 aromatic carbocycles. The lowest BCUT2D eigenvalue weighted by Gasteiger charge is -2.16. The first-order valence-corrected chi connectivity index (χ1v) is 7.31. The molecule has 1 amide bonds. The Morgan fingerprint density at radius 1 is 1.59 bits per heavy atom. The molecule has 1 aliphatic heterocycles. The van der Waals surface area contributed by atoms with Crippen LogP contribution < -0.4 is 5.32 Å². The molecule has 1 aliphatic rings. The molecule has 0 radical (unpaired) electrons. The highest BCUT2D eigenvalue weighted by atomic mass is 16.5. The Morgan fingerprint density at radius 3 is 3.09 bits per heavy atom. The van der Waals surface area contributed by atoms with Crippen molar-refractivity contribution >= 4 is 11.9 Å². The fraction of sp³-hybridized carbons (Fsp3) is 0.533. The van der Waals surface area contributed by atoms with Crippen LogP contribution in [0.2, 0.25) is 0 Å². The van der Waals surface area contributed by atoms with E-state index in [2.05, 4.69) is 15.2 Å². The minimum Gasteiger partial charge on any atom is -0.466 e. The highest BCUT2D eigenvalue weighted by Gasteiger charge is 2.35. The second-order valence-electron chi connectivity index (χ2n) is 4.99. The number of aryl methyl sites for hydroxylation is 1. The highest BCUT2D eigenvalue weighted by Crippen LogP contribution is 2.34. The van der Waals surface area contributed by atoms with E-state index in [1.165, 1.54) is 13.2 Å². The Labute approximate surface area is 129 Å². The summed E-state index contributed by atoms with van der Waals surface area (Å²) in [7, 11) is 1.31. The molecule has 2 heterocycles. The molecule has 0 bridgehead atoms. The molecule has 22 heavy (non-hydrogen) atoms. The zero-order valence-corrected chi connectivity index (χ0v) is 12.8. The summed E-state index contributed by atoms with van der Waals surface area (Å²) in [4.78, 5) is 23.2. The van der Waals surface area contributed by atoms with E-state index >= 15 is 0 Å². The molecule has 1 aromatic heterocycles. The molecular weight excluding hydrogens is 286 g/mol. The van der Waals surface area contributed by atoms with Crippen molar-refractivity contribution in [1.82, 2.24) is 15.1 Å². The number of rotatable bonds is 6. The molecule has 0 spiro atoms. The molecule has 1 fully saturated rings. The van der Waals surface area contributed by atoms with Crippen molar-refractivity contribution in [3.8, 4) is 0 Å². The van der Waals surface area contributed by atoms with E-state index in [0.717, 1.165) is 12.1 Å². The molecule has 1 aromatic rings. The third-order valence-corrected chi connectivity index (χ3v) is 3.58. The number of ether oxygens (including phenoxy) is 2. The number of carbonyl (C=O) groups is 2. The third kappa shape index (κ3) is 3.94. The van der Waals surface area contributed by atoms with Crippen LogP contribution in [0.1, 0.15) is 25.0 Å². The SMILES string of the molecule is CCn1cc([C@@H]2OCC[C@H]2C(=O)NC/C=C/C(=O)OC)cn1. The zero-order valence-electron chi connectivity index (χ0n) is 12.8. The van der Waals surface area contributed by atoms with E-state index < -0.39 is 5.97 Å². The molecule has 0 aliphatic carbocycles. The number of nitrogens with one attached hydrogen (secondary N) is 1. The van der Waals surface area contributed by atoms with Gasteiger partial charge in [0.15, 0.2) is 0 Å². The van der Waals surface area contributed by atoms with Crippen molar-refractivity contribution in [2.24, 2.45) is 5.92 Å². The Kier molecular flexibility index (Phi) is 5.71. The predicted molar refractivity (Wildman–Crippen MR) is 78.9 cm³/mol. The number of methoxy groups -OCH3 is 1. The van der Waals surface area contributed by atoms with E-state index in [-0.39, 0.29) is 24.5 Å². The molecular formula is C15H21N3O4. The summed E-state index contributed by atoms with van der Waals surface area (Å²) in [6, 6.07) is 0. The second kappa shape index (κ2) is 7.74. The van der Waals surface area contributed by atoms with E-state index in [1.807, 2.05) is 17.8 Å². The molecule has 1 N–H and O–H groups in total. The van der Waals surface area contributed by atoms with Crippen LogP contribution in [0.3, 0.4) is 0 Å². The zero-order chi connectivity index (χ0) is 15.9. The van der Waals surface area contributed by atoms with Crippen LogP contribution in [0.5, 0.6) is 0 Å². The minimum absolute atomic E-state index is 0.0822. The van der Waals surface area contributed by atoms with Gasteiger partial charge in [-0.15, -0.1) is 0 Å². The van der Waals surface area contributed by atoms with Gasteiger partial charge in [-0.1, -0.05) is 6.08 Å². The Hall–Kier alpha value is -2.15. The summed E-state index contributed by atoms with van der Waals surface area (Å²) in [5.74, 6) is -0.759. The Balaban J connectivity index is 1.91. The smallest absolute Gasteiger partial charge is 0.330 e. The van der Waals surface area contributed by atoms with Crippen LogP contribution in [0, 0.1) is 5.92 Å². The van der Waals surface area contributed by atoms with Crippen LogP contribution >= 0.6 is 0 Å². The van der Waals surface area contributed by atoms with E-state index in [1.54, 1.807) is 12.3 Å². The van der Waals surface area contributed by atoms with Crippen LogP contribution in [-0.4, -0.2) is 41.9 Å².